The molecule has 1 N–H and O–H groups in total. The number of hydrogen-bond donors (Lipinski definition) is 1. The van der Waals surface area contributed by atoms with E-state index in [1.807, 2.05) is 0 Å². The molecule has 1 aromatic carbocycles. The largest absolute Gasteiger partial charge is 0.481 e. The van der Waals surface area contributed by atoms with E-state index in [0.29, 0.717) is 0 Å². The average molecular weight is 327 g/mol. The van der Waals surface area contributed by atoms with Gasteiger partial charge in [-0.05, 0) is 24.1 Å². The fraction of sp³-hybridized carbons (Fsp3) is 0.308. The monoisotopic (exact) mass is 327 g/mol. The van der Waals surface area contributed by atoms with Gasteiger partial charge in [-0.15, -0.1) is 0 Å². The minimum absolute atomic E-state index is 0.00326. The zero-order chi connectivity index (χ0) is 16.1. The molecule has 0 heterocycles. The van der Waals surface area contributed by atoms with Gasteiger partial charge in [0, 0.05) is 12.0 Å². The van der Waals surface area contributed by atoms with Crippen LogP contribution in [0, 0.1) is 11.3 Å². The first-order valence-corrected chi connectivity index (χ1v) is 8.70. The lowest BCUT2D eigenvalue weighted by atomic mass is 10.1. The van der Waals surface area contributed by atoms with Crippen LogP contribution in [0.3, 0.4) is 0 Å². The Balaban J connectivity index is 2.95. The van der Waals surface area contributed by atoms with Crippen LogP contribution in [0.25, 0.3) is 0 Å². The molecule has 0 spiro atoms. The molecule has 0 bridgehead atoms. The molecular weight excluding hydrogens is 314 g/mol. The highest BCUT2D eigenvalue weighted by atomic mass is 33.1. The van der Waals surface area contributed by atoms with Crippen LogP contribution in [0.5, 0.6) is 0 Å². The third-order valence-corrected chi connectivity index (χ3v) is 6.37. The first-order chi connectivity index (χ1) is 9.70. The third-order valence-electron chi connectivity index (χ3n) is 2.58. The molecule has 21 heavy (non-hydrogen) atoms. The number of carbonyl (C=O) groups excluding carboxylic acids is 1. The van der Waals surface area contributed by atoms with E-state index in [-0.39, 0.29) is 29.2 Å². The molecule has 0 amide bonds. The van der Waals surface area contributed by atoms with Crippen LogP contribution in [0.15, 0.2) is 30.3 Å². The Morgan fingerprint density at radius 1 is 1.33 bits per heavy atom. The number of aliphatic carboxylic acids is 1. The van der Waals surface area contributed by atoms with Crippen molar-refractivity contribution in [3.63, 3.8) is 0 Å². The summed E-state index contributed by atoms with van der Waals surface area (Å²) in [4.78, 5) is 22.5. The predicted octanol–water partition coefficient (Wildman–Crippen LogP) is 2.04. The fourth-order valence-corrected chi connectivity index (χ4v) is 5.00. The number of carboxylic acid groups (broad SMARTS) is 1. The normalized spacial score (nSPS) is 13.9. The summed E-state index contributed by atoms with van der Waals surface area (Å²) in [5, 5.41) is 16.6. The van der Waals surface area contributed by atoms with Gasteiger partial charge in [0.15, 0.2) is 0 Å². The fourth-order valence-electron chi connectivity index (χ4n) is 1.46. The molecule has 6 nitrogen and oxygen atoms in total. The van der Waals surface area contributed by atoms with E-state index in [9.17, 15) is 18.0 Å². The molecule has 0 aliphatic rings. The standard InChI is InChI=1S/C13H13NO5S2/c1-13(9-14,8-7-11(15)16)20-21(18,19)12(17)10-5-3-2-4-6-10/h2-6H,7-8H2,1H3,(H,15,16). The first-order valence-electron chi connectivity index (χ1n) is 5.88. The number of carbonyl (C=O) groups is 2. The summed E-state index contributed by atoms with van der Waals surface area (Å²) in [6, 6.07) is 9.19. The molecule has 1 atom stereocenters. The summed E-state index contributed by atoms with van der Waals surface area (Å²) in [5.41, 5.74) is 0.00326. The minimum atomic E-state index is -4.27. The second kappa shape index (κ2) is 6.74. The van der Waals surface area contributed by atoms with Crippen LogP contribution in [0.4, 0.5) is 0 Å². The van der Waals surface area contributed by atoms with Gasteiger partial charge in [0.05, 0.1) is 6.07 Å². The molecule has 0 radical (unpaired) electrons. The number of rotatable bonds is 6. The highest BCUT2D eigenvalue weighted by Gasteiger charge is 2.37. The van der Waals surface area contributed by atoms with Gasteiger partial charge in [-0.3, -0.25) is 9.59 Å². The summed E-state index contributed by atoms with van der Waals surface area (Å²) in [6.07, 6.45) is -0.531. The van der Waals surface area contributed by atoms with Crippen LogP contribution in [-0.2, 0) is 13.7 Å². The molecule has 1 rings (SSSR count). The van der Waals surface area contributed by atoms with E-state index >= 15 is 0 Å². The Morgan fingerprint density at radius 3 is 2.38 bits per heavy atom. The zero-order valence-electron chi connectivity index (χ0n) is 11.1. The van der Waals surface area contributed by atoms with Gasteiger partial charge >= 0.3 is 5.97 Å². The second-order valence-corrected chi connectivity index (χ2v) is 8.59. The summed E-state index contributed by atoms with van der Waals surface area (Å²) >= 11 is 0. The summed E-state index contributed by atoms with van der Waals surface area (Å²) in [5.74, 6) is -1.14. The topological polar surface area (TPSA) is 112 Å². The molecule has 1 unspecified atom stereocenters. The number of benzene rings is 1. The molecule has 0 aliphatic carbocycles. The zero-order valence-corrected chi connectivity index (χ0v) is 12.8. The lowest BCUT2D eigenvalue weighted by Crippen LogP contribution is -2.24. The van der Waals surface area contributed by atoms with Crippen LogP contribution >= 0.6 is 10.8 Å². The SMILES string of the molecule is CC(C#N)(CCC(=O)O)SS(=O)(=O)C(=O)c1ccccc1. The van der Waals surface area contributed by atoms with Crippen molar-refractivity contribution in [1.29, 1.82) is 5.26 Å². The van der Waals surface area contributed by atoms with E-state index in [1.165, 1.54) is 31.2 Å². The maximum absolute atomic E-state index is 12.1. The molecule has 0 saturated carbocycles. The van der Waals surface area contributed by atoms with Crippen molar-refractivity contribution in [3.05, 3.63) is 35.9 Å². The highest BCUT2D eigenvalue weighted by molar-refractivity contribution is 8.77. The van der Waals surface area contributed by atoms with Crippen LogP contribution in [-0.4, -0.2) is 29.4 Å². The van der Waals surface area contributed by atoms with Gasteiger partial charge in [0.1, 0.15) is 4.75 Å². The third kappa shape index (κ3) is 4.88. The molecule has 112 valence electrons. The van der Waals surface area contributed by atoms with Gasteiger partial charge in [0.25, 0.3) is 14.0 Å². The van der Waals surface area contributed by atoms with E-state index in [1.54, 1.807) is 12.1 Å². The van der Waals surface area contributed by atoms with Gasteiger partial charge in [-0.25, -0.2) is 8.42 Å². The van der Waals surface area contributed by atoms with Crippen LogP contribution < -0.4 is 0 Å². The molecule has 0 saturated heterocycles. The van der Waals surface area contributed by atoms with E-state index in [2.05, 4.69) is 0 Å². The minimum Gasteiger partial charge on any atom is -0.481 e. The van der Waals surface area contributed by atoms with Crippen molar-refractivity contribution < 1.29 is 23.1 Å². The quantitative estimate of drug-likeness (QED) is 0.795. The molecular formula is C13H13NO5S2. The Labute approximate surface area is 126 Å². The average Bonchev–Trinajstić information content (AvgIpc) is 2.45. The number of nitriles is 1. The Bertz CT molecular complexity index is 678. The van der Waals surface area contributed by atoms with Crippen molar-refractivity contribution >= 4 is 30.7 Å². The van der Waals surface area contributed by atoms with E-state index in [4.69, 9.17) is 10.4 Å². The summed E-state index contributed by atoms with van der Waals surface area (Å²) < 4.78 is 22.6. The van der Waals surface area contributed by atoms with Gasteiger partial charge in [-0.2, -0.15) is 5.26 Å². The van der Waals surface area contributed by atoms with Crippen molar-refractivity contribution in [2.45, 2.75) is 24.5 Å². The van der Waals surface area contributed by atoms with Gasteiger partial charge < -0.3 is 5.11 Å². The maximum atomic E-state index is 12.1. The highest BCUT2D eigenvalue weighted by Crippen LogP contribution is 2.35. The van der Waals surface area contributed by atoms with Crippen LogP contribution in [0.2, 0.25) is 0 Å². The van der Waals surface area contributed by atoms with E-state index in [0.717, 1.165) is 0 Å². The van der Waals surface area contributed by atoms with Crippen molar-refractivity contribution in [1.82, 2.24) is 0 Å². The number of hydrogen-bond acceptors (Lipinski definition) is 6. The van der Waals surface area contributed by atoms with Crippen LogP contribution in [0.1, 0.15) is 30.1 Å². The molecule has 0 aliphatic heterocycles. The number of carboxylic acids is 1. The predicted molar refractivity (Wildman–Crippen MR) is 78.2 cm³/mol. The Hall–Kier alpha value is -1.85. The van der Waals surface area contributed by atoms with Gasteiger partial charge in [0.2, 0.25) is 0 Å². The number of nitrogens with zero attached hydrogens (tertiary/aromatic N) is 1. The van der Waals surface area contributed by atoms with E-state index < -0.39 is 24.7 Å². The lowest BCUT2D eigenvalue weighted by molar-refractivity contribution is -0.137. The molecule has 0 fully saturated rings. The van der Waals surface area contributed by atoms with Crippen molar-refractivity contribution in [2.24, 2.45) is 0 Å². The van der Waals surface area contributed by atoms with Crippen molar-refractivity contribution in [2.75, 3.05) is 0 Å². The Morgan fingerprint density at radius 2 is 1.90 bits per heavy atom. The molecule has 0 aromatic heterocycles. The smallest absolute Gasteiger partial charge is 0.303 e. The lowest BCUT2D eigenvalue weighted by Gasteiger charge is -2.18. The summed E-state index contributed by atoms with van der Waals surface area (Å²) in [7, 11) is -4.08. The van der Waals surface area contributed by atoms with Gasteiger partial charge in [-0.1, -0.05) is 30.3 Å². The summed E-state index contributed by atoms with van der Waals surface area (Å²) in [6.45, 7) is 1.30. The molecule has 1 aromatic rings. The first kappa shape index (κ1) is 17.2. The van der Waals surface area contributed by atoms with Crippen molar-refractivity contribution in [3.8, 4) is 6.07 Å². The maximum Gasteiger partial charge on any atom is 0.303 e. The Kier molecular flexibility index (Phi) is 5.52. The molecule has 8 heteroatoms. The second-order valence-electron chi connectivity index (χ2n) is 4.43.